The largest absolute Gasteiger partial charge is 0.424 e. The number of hydrogen-bond donors (Lipinski definition) is 0. The first-order chi connectivity index (χ1) is 7.52. The molecule has 0 saturated carbocycles. The molecule has 0 aromatic rings. The summed E-state index contributed by atoms with van der Waals surface area (Å²) in [5.74, 6) is -1.05. The second-order valence-electron chi connectivity index (χ2n) is 4.50. The van der Waals surface area contributed by atoms with Gasteiger partial charge in [0.1, 0.15) is 0 Å². The van der Waals surface area contributed by atoms with Crippen molar-refractivity contribution in [2.24, 2.45) is 11.3 Å². The number of ether oxygens (including phenoxy) is 1. The van der Waals surface area contributed by atoms with E-state index in [1.165, 1.54) is 0 Å². The average molecular weight is 244 g/mol. The number of rotatable bonds is 6. The highest BCUT2D eigenvalue weighted by Crippen LogP contribution is 2.40. The molecule has 1 fully saturated rings. The quantitative estimate of drug-likeness (QED) is 0.303. The van der Waals surface area contributed by atoms with Crippen LogP contribution in [0.2, 0.25) is 6.04 Å². The number of hydrogen-bond acceptors (Lipinski definition) is 4. The van der Waals surface area contributed by atoms with Crippen LogP contribution in [-0.4, -0.2) is 28.3 Å². The molecule has 1 saturated heterocycles. The molecule has 16 heavy (non-hydrogen) atoms. The Balaban J connectivity index is 2.39. The van der Waals surface area contributed by atoms with Gasteiger partial charge < -0.3 is 9.16 Å². The van der Waals surface area contributed by atoms with E-state index in [0.29, 0.717) is 0 Å². The van der Waals surface area contributed by atoms with Gasteiger partial charge in [-0.1, -0.05) is 13.3 Å². The Morgan fingerprint density at radius 1 is 1.50 bits per heavy atom. The molecule has 0 bridgehead atoms. The van der Waals surface area contributed by atoms with Crippen molar-refractivity contribution in [1.82, 2.24) is 0 Å². The Kier molecular flexibility index (Phi) is 4.67. The zero-order valence-electron chi connectivity index (χ0n) is 10.2. The van der Waals surface area contributed by atoms with E-state index in [4.69, 9.17) is 4.43 Å². The van der Waals surface area contributed by atoms with E-state index < -0.39 is 15.2 Å². The van der Waals surface area contributed by atoms with Crippen molar-refractivity contribution in [3.63, 3.8) is 0 Å². The van der Waals surface area contributed by atoms with Gasteiger partial charge in [0.15, 0.2) is 9.76 Å². The topological polar surface area (TPSA) is 52.6 Å². The van der Waals surface area contributed by atoms with Crippen molar-refractivity contribution < 1.29 is 18.8 Å². The molecule has 92 valence electrons. The fourth-order valence-corrected chi connectivity index (χ4v) is 2.84. The Labute approximate surface area is 98.6 Å². The Morgan fingerprint density at radius 2 is 2.19 bits per heavy atom. The van der Waals surface area contributed by atoms with E-state index in [-0.39, 0.29) is 17.9 Å². The highest BCUT2D eigenvalue weighted by Gasteiger charge is 2.51. The van der Waals surface area contributed by atoms with Crippen LogP contribution < -0.4 is 0 Å². The summed E-state index contributed by atoms with van der Waals surface area (Å²) in [5.41, 5.74) is -0.613. The molecule has 1 aliphatic rings. The number of esters is 2. The van der Waals surface area contributed by atoms with Crippen LogP contribution in [0.1, 0.15) is 33.6 Å². The lowest BCUT2D eigenvalue weighted by molar-refractivity contribution is -0.155. The molecule has 0 amide bonds. The molecule has 0 N–H and O–H groups in total. The van der Waals surface area contributed by atoms with E-state index in [1.807, 2.05) is 13.8 Å². The normalized spacial score (nSPS) is 30.3. The van der Waals surface area contributed by atoms with E-state index in [1.54, 1.807) is 6.92 Å². The summed E-state index contributed by atoms with van der Waals surface area (Å²) < 4.78 is 10.0. The van der Waals surface area contributed by atoms with Gasteiger partial charge in [-0.3, -0.25) is 9.59 Å². The summed E-state index contributed by atoms with van der Waals surface area (Å²) in [4.78, 5) is 22.9. The van der Waals surface area contributed by atoms with E-state index in [0.717, 1.165) is 25.5 Å². The molecule has 1 aliphatic heterocycles. The van der Waals surface area contributed by atoms with Crippen LogP contribution in [0.15, 0.2) is 0 Å². The van der Waals surface area contributed by atoms with Crippen molar-refractivity contribution in [3.05, 3.63) is 0 Å². The summed E-state index contributed by atoms with van der Waals surface area (Å²) in [6.07, 6.45) is 1.66. The molecule has 0 spiro atoms. The third-order valence-corrected chi connectivity index (χ3v) is 4.89. The first-order valence-corrected chi connectivity index (χ1v) is 7.44. The Hall–Kier alpha value is -0.683. The van der Waals surface area contributed by atoms with Crippen LogP contribution in [0, 0.1) is 11.3 Å². The fourth-order valence-electron chi connectivity index (χ4n) is 1.89. The zero-order chi connectivity index (χ0) is 12.2. The molecule has 5 heteroatoms. The number of carbonyl (C=O) groups excluding carboxylic acids is 2. The molecular formula is C11H20O4Si. The second-order valence-corrected chi connectivity index (χ2v) is 6.03. The van der Waals surface area contributed by atoms with Crippen molar-refractivity contribution in [2.75, 3.05) is 6.61 Å². The summed E-state index contributed by atoms with van der Waals surface area (Å²) in [6, 6.07) is 1.05. The van der Waals surface area contributed by atoms with Gasteiger partial charge in [-0.15, -0.1) is 0 Å². The van der Waals surface area contributed by atoms with Crippen LogP contribution >= 0.6 is 0 Å². The predicted octanol–water partition coefficient (Wildman–Crippen LogP) is 1.03. The molecule has 2 unspecified atom stereocenters. The van der Waals surface area contributed by atoms with Crippen molar-refractivity contribution >= 4 is 21.7 Å². The van der Waals surface area contributed by atoms with Gasteiger partial charge in [0.25, 0.3) is 0 Å². The fraction of sp³-hybridized carbons (Fsp3) is 0.818. The van der Waals surface area contributed by atoms with Gasteiger partial charge in [-0.25, -0.2) is 0 Å². The summed E-state index contributed by atoms with van der Waals surface area (Å²) in [7, 11) is -0.437. The molecule has 2 atom stereocenters. The molecule has 1 rings (SSSR count). The minimum absolute atomic E-state index is 0.311. The minimum atomic E-state index is -0.613. The maximum atomic E-state index is 11.6. The lowest BCUT2D eigenvalue weighted by Gasteiger charge is -2.22. The van der Waals surface area contributed by atoms with Gasteiger partial charge in [0.05, 0.1) is 11.3 Å². The molecule has 1 heterocycles. The molecular weight excluding hydrogens is 224 g/mol. The smallest absolute Gasteiger partial charge is 0.320 e. The van der Waals surface area contributed by atoms with Crippen LogP contribution in [0.4, 0.5) is 0 Å². The Bertz CT molecular complexity index is 279. The first-order valence-electron chi connectivity index (χ1n) is 5.86. The minimum Gasteiger partial charge on any atom is -0.424 e. The molecule has 0 aliphatic carbocycles. The lowest BCUT2D eigenvalue weighted by atomic mass is 9.77. The number of cyclic esters (lactones) is 2. The van der Waals surface area contributed by atoms with Crippen molar-refractivity contribution in [1.29, 1.82) is 0 Å². The molecule has 0 radical (unpaired) electrons. The molecule has 0 aromatic carbocycles. The van der Waals surface area contributed by atoms with Crippen LogP contribution in [0.25, 0.3) is 0 Å². The third kappa shape index (κ3) is 2.71. The van der Waals surface area contributed by atoms with Crippen LogP contribution in [0.5, 0.6) is 0 Å². The van der Waals surface area contributed by atoms with Crippen molar-refractivity contribution in [2.45, 2.75) is 39.7 Å². The predicted molar refractivity (Wildman–Crippen MR) is 62.6 cm³/mol. The highest BCUT2D eigenvalue weighted by molar-refractivity contribution is 6.26. The SMILES string of the molecule is CCO[SiH2]CCCC1(C)C(=O)OC(=O)C1C. The van der Waals surface area contributed by atoms with E-state index >= 15 is 0 Å². The van der Waals surface area contributed by atoms with Gasteiger partial charge in [0, 0.05) is 6.61 Å². The van der Waals surface area contributed by atoms with E-state index in [2.05, 4.69) is 4.74 Å². The maximum absolute atomic E-state index is 11.6. The highest BCUT2D eigenvalue weighted by atomic mass is 28.2. The Morgan fingerprint density at radius 3 is 2.69 bits per heavy atom. The molecule has 4 nitrogen and oxygen atoms in total. The second kappa shape index (κ2) is 5.59. The van der Waals surface area contributed by atoms with Crippen LogP contribution in [0.3, 0.4) is 0 Å². The van der Waals surface area contributed by atoms with Crippen molar-refractivity contribution in [3.8, 4) is 0 Å². The monoisotopic (exact) mass is 244 g/mol. The van der Waals surface area contributed by atoms with Gasteiger partial charge in [-0.2, -0.15) is 0 Å². The van der Waals surface area contributed by atoms with Gasteiger partial charge >= 0.3 is 11.9 Å². The standard InChI is InChI=1S/C11H20O4Si/c1-4-14-16-7-5-6-11(3)8(2)9(12)15-10(11)13/h8H,4-7,16H2,1-3H3. The first kappa shape index (κ1) is 13.4. The lowest BCUT2D eigenvalue weighted by Crippen LogP contribution is -2.29. The van der Waals surface area contributed by atoms with Crippen LogP contribution in [-0.2, 0) is 18.8 Å². The summed E-state index contributed by atoms with van der Waals surface area (Å²) >= 11 is 0. The molecule has 0 aromatic heterocycles. The van der Waals surface area contributed by atoms with Gasteiger partial charge in [0.2, 0.25) is 0 Å². The number of carbonyl (C=O) groups is 2. The average Bonchev–Trinajstić information content (AvgIpc) is 2.43. The summed E-state index contributed by atoms with van der Waals surface area (Å²) in [5, 5.41) is 0. The zero-order valence-corrected chi connectivity index (χ0v) is 11.7. The van der Waals surface area contributed by atoms with Gasteiger partial charge in [-0.05, 0) is 26.3 Å². The summed E-state index contributed by atoms with van der Waals surface area (Å²) in [6.45, 7) is 6.37. The maximum Gasteiger partial charge on any atom is 0.320 e. The third-order valence-electron chi connectivity index (χ3n) is 3.41. The van der Waals surface area contributed by atoms with E-state index in [9.17, 15) is 9.59 Å².